The van der Waals surface area contributed by atoms with Crippen molar-refractivity contribution in [2.75, 3.05) is 0 Å². The second kappa shape index (κ2) is 5.94. The molecule has 0 aliphatic heterocycles. The fourth-order valence-electron chi connectivity index (χ4n) is 2.59. The molecule has 3 N–H and O–H groups in total. The molecule has 0 saturated heterocycles. The van der Waals surface area contributed by atoms with Gasteiger partial charge in [0.1, 0.15) is 5.75 Å². The molecule has 1 saturated carbocycles. The lowest BCUT2D eigenvalue weighted by Crippen LogP contribution is -2.38. The first-order valence-corrected chi connectivity index (χ1v) is 6.81. The van der Waals surface area contributed by atoms with Gasteiger partial charge in [-0.2, -0.15) is 0 Å². The fourth-order valence-corrected chi connectivity index (χ4v) is 2.59. The zero-order chi connectivity index (χ0) is 14.7. The molecule has 1 aromatic rings. The molecule has 0 radical (unpaired) electrons. The molecule has 1 amide bonds. The molecule has 108 valence electrons. The van der Waals surface area contributed by atoms with E-state index < -0.39 is 5.97 Å². The minimum absolute atomic E-state index is 0.00391. The number of carbonyl (C=O) groups is 2. The number of hydrogen-bond acceptors (Lipinski definition) is 3. The van der Waals surface area contributed by atoms with Crippen LogP contribution in [0.1, 0.15) is 41.6 Å². The van der Waals surface area contributed by atoms with Crippen LogP contribution in [0.2, 0.25) is 0 Å². The topological polar surface area (TPSA) is 86.6 Å². The maximum atomic E-state index is 12.1. The lowest BCUT2D eigenvalue weighted by atomic mass is 9.86. The van der Waals surface area contributed by atoms with Gasteiger partial charge in [-0.25, -0.2) is 0 Å². The van der Waals surface area contributed by atoms with E-state index in [0.29, 0.717) is 31.2 Å². The van der Waals surface area contributed by atoms with Crippen LogP contribution < -0.4 is 5.32 Å². The molecule has 20 heavy (non-hydrogen) atoms. The molecule has 0 unspecified atom stereocenters. The van der Waals surface area contributed by atoms with Crippen LogP contribution in [0.5, 0.6) is 5.75 Å². The standard InChI is InChI=1S/C15H19NO4/c1-9-3-2-4-12(13(9)17)14(18)16-11-7-5-10(6-8-11)15(19)20/h2-4,10-11,17H,5-8H2,1H3,(H,16,18)(H,19,20). The minimum atomic E-state index is -0.758. The van der Waals surface area contributed by atoms with Crippen molar-refractivity contribution in [2.45, 2.75) is 38.6 Å². The predicted molar refractivity (Wildman–Crippen MR) is 73.7 cm³/mol. The van der Waals surface area contributed by atoms with E-state index in [0.717, 1.165) is 0 Å². The Hall–Kier alpha value is -2.04. The predicted octanol–water partition coefficient (Wildman–Crippen LogP) is 2.07. The Kier molecular flexibility index (Phi) is 4.27. The zero-order valence-electron chi connectivity index (χ0n) is 11.4. The maximum absolute atomic E-state index is 12.1. The van der Waals surface area contributed by atoms with E-state index in [1.54, 1.807) is 25.1 Å². The van der Waals surface area contributed by atoms with Gasteiger partial charge in [0.05, 0.1) is 11.5 Å². The molecule has 0 atom stereocenters. The number of carboxylic acid groups (broad SMARTS) is 1. The van der Waals surface area contributed by atoms with E-state index in [1.807, 2.05) is 0 Å². The van der Waals surface area contributed by atoms with Gasteiger partial charge in [-0.05, 0) is 44.2 Å². The maximum Gasteiger partial charge on any atom is 0.306 e. The summed E-state index contributed by atoms with van der Waals surface area (Å²) in [6.07, 6.45) is 2.49. The summed E-state index contributed by atoms with van der Waals surface area (Å²) in [5, 5.41) is 21.7. The molecular formula is C15H19NO4. The molecule has 0 spiro atoms. The quantitative estimate of drug-likeness (QED) is 0.789. The number of nitrogens with one attached hydrogen (secondary N) is 1. The van der Waals surface area contributed by atoms with Gasteiger partial charge in [0.25, 0.3) is 5.91 Å². The second-order valence-electron chi connectivity index (χ2n) is 5.33. The van der Waals surface area contributed by atoms with Crippen molar-refractivity contribution in [1.82, 2.24) is 5.32 Å². The van der Waals surface area contributed by atoms with Crippen molar-refractivity contribution >= 4 is 11.9 Å². The Morgan fingerprint density at radius 1 is 1.20 bits per heavy atom. The summed E-state index contributed by atoms with van der Waals surface area (Å²) < 4.78 is 0. The number of rotatable bonds is 3. The number of para-hydroxylation sites is 1. The average Bonchev–Trinajstić information content (AvgIpc) is 2.42. The van der Waals surface area contributed by atoms with Crippen molar-refractivity contribution < 1.29 is 19.8 Å². The third-order valence-electron chi connectivity index (χ3n) is 3.89. The highest BCUT2D eigenvalue weighted by Crippen LogP contribution is 2.26. The van der Waals surface area contributed by atoms with Gasteiger partial charge in [0.15, 0.2) is 0 Å². The molecule has 1 fully saturated rings. The molecule has 1 aromatic carbocycles. The van der Waals surface area contributed by atoms with Gasteiger partial charge < -0.3 is 15.5 Å². The van der Waals surface area contributed by atoms with Crippen molar-refractivity contribution in [2.24, 2.45) is 5.92 Å². The van der Waals surface area contributed by atoms with E-state index in [4.69, 9.17) is 5.11 Å². The molecule has 1 aliphatic rings. The molecule has 0 bridgehead atoms. The summed E-state index contributed by atoms with van der Waals surface area (Å²) in [5.41, 5.74) is 0.928. The number of amides is 1. The van der Waals surface area contributed by atoms with Crippen LogP contribution in [0.25, 0.3) is 0 Å². The zero-order valence-corrected chi connectivity index (χ0v) is 11.4. The molecule has 5 heteroatoms. The van der Waals surface area contributed by atoms with Gasteiger partial charge in [0, 0.05) is 6.04 Å². The number of aromatic hydroxyl groups is 1. The van der Waals surface area contributed by atoms with Gasteiger partial charge in [-0.15, -0.1) is 0 Å². The largest absolute Gasteiger partial charge is 0.507 e. The normalized spacial score (nSPS) is 22.2. The third-order valence-corrected chi connectivity index (χ3v) is 3.89. The number of phenolic OH excluding ortho intramolecular Hbond substituents is 1. The number of carbonyl (C=O) groups excluding carboxylic acids is 1. The summed E-state index contributed by atoms with van der Waals surface area (Å²) in [4.78, 5) is 23.0. The van der Waals surface area contributed by atoms with Crippen LogP contribution in [0.4, 0.5) is 0 Å². The molecular weight excluding hydrogens is 258 g/mol. The van der Waals surface area contributed by atoms with Crippen LogP contribution in [-0.4, -0.2) is 28.1 Å². The number of aryl methyl sites for hydroxylation is 1. The van der Waals surface area contributed by atoms with Crippen molar-refractivity contribution in [1.29, 1.82) is 0 Å². The Morgan fingerprint density at radius 3 is 2.45 bits per heavy atom. The van der Waals surface area contributed by atoms with Gasteiger partial charge in [0.2, 0.25) is 0 Å². The lowest BCUT2D eigenvalue weighted by molar-refractivity contribution is -0.142. The van der Waals surface area contributed by atoms with Crippen LogP contribution in [-0.2, 0) is 4.79 Å². The smallest absolute Gasteiger partial charge is 0.306 e. The number of carboxylic acids is 1. The van der Waals surface area contributed by atoms with Crippen LogP contribution in [0.3, 0.4) is 0 Å². The van der Waals surface area contributed by atoms with E-state index in [2.05, 4.69) is 5.32 Å². The summed E-state index contributed by atoms with van der Waals surface area (Å²) in [5.74, 6) is -1.35. The fraction of sp³-hybridized carbons (Fsp3) is 0.467. The third kappa shape index (κ3) is 3.10. The van der Waals surface area contributed by atoms with Gasteiger partial charge >= 0.3 is 5.97 Å². The van der Waals surface area contributed by atoms with Crippen molar-refractivity contribution in [3.05, 3.63) is 29.3 Å². The Bertz CT molecular complexity index is 519. The number of benzene rings is 1. The van der Waals surface area contributed by atoms with Crippen molar-refractivity contribution in [3.8, 4) is 5.75 Å². The summed E-state index contributed by atoms with van der Waals surface area (Å²) >= 11 is 0. The Balaban J connectivity index is 1.96. The summed E-state index contributed by atoms with van der Waals surface area (Å²) in [7, 11) is 0. The lowest BCUT2D eigenvalue weighted by Gasteiger charge is -2.27. The average molecular weight is 277 g/mol. The van der Waals surface area contributed by atoms with E-state index >= 15 is 0 Å². The second-order valence-corrected chi connectivity index (χ2v) is 5.33. The highest BCUT2D eigenvalue weighted by Gasteiger charge is 2.27. The molecule has 2 rings (SSSR count). The van der Waals surface area contributed by atoms with E-state index in [-0.39, 0.29) is 29.2 Å². The SMILES string of the molecule is Cc1cccc(C(=O)NC2CCC(C(=O)O)CC2)c1O. The number of hydrogen-bond donors (Lipinski definition) is 3. The van der Waals surface area contributed by atoms with Crippen molar-refractivity contribution in [3.63, 3.8) is 0 Å². The van der Waals surface area contributed by atoms with E-state index in [1.165, 1.54) is 0 Å². The van der Waals surface area contributed by atoms with Crippen LogP contribution >= 0.6 is 0 Å². The first-order chi connectivity index (χ1) is 9.49. The Labute approximate surface area is 117 Å². The van der Waals surface area contributed by atoms with Crippen LogP contribution in [0, 0.1) is 12.8 Å². The van der Waals surface area contributed by atoms with Crippen LogP contribution in [0.15, 0.2) is 18.2 Å². The molecule has 0 aromatic heterocycles. The minimum Gasteiger partial charge on any atom is -0.507 e. The van der Waals surface area contributed by atoms with E-state index in [9.17, 15) is 14.7 Å². The highest BCUT2D eigenvalue weighted by atomic mass is 16.4. The summed E-state index contributed by atoms with van der Waals surface area (Å²) in [6, 6.07) is 5.04. The number of phenols is 1. The monoisotopic (exact) mass is 277 g/mol. The first-order valence-electron chi connectivity index (χ1n) is 6.81. The number of aliphatic carboxylic acids is 1. The van der Waals surface area contributed by atoms with Gasteiger partial charge in [-0.1, -0.05) is 12.1 Å². The molecule has 5 nitrogen and oxygen atoms in total. The molecule has 1 aliphatic carbocycles. The highest BCUT2D eigenvalue weighted by molar-refractivity contribution is 5.97. The Morgan fingerprint density at radius 2 is 1.85 bits per heavy atom. The first kappa shape index (κ1) is 14.4. The molecule has 0 heterocycles. The summed E-state index contributed by atoms with van der Waals surface area (Å²) in [6.45, 7) is 1.74. The van der Waals surface area contributed by atoms with Gasteiger partial charge in [-0.3, -0.25) is 9.59 Å².